The Kier molecular flexibility index (Phi) is 5.85. The summed E-state index contributed by atoms with van der Waals surface area (Å²) >= 11 is 9.43. The summed E-state index contributed by atoms with van der Waals surface area (Å²) in [4.78, 5) is 27.3. The quantitative estimate of drug-likeness (QED) is 0.348. The number of nitrogens with zero attached hydrogens (tertiary/aromatic N) is 3. The first-order valence-electron chi connectivity index (χ1n) is 9.10. The summed E-state index contributed by atoms with van der Waals surface area (Å²) in [6.07, 6.45) is 2.55. The van der Waals surface area contributed by atoms with Crippen LogP contribution in [0.1, 0.15) is 37.3 Å². The molecule has 4 rings (SSSR count). The molecule has 0 aliphatic rings. The van der Waals surface area contributed by atoms with Crippen LogP contribution in [-0.2, 0) is 12.8 Å². The fourth-order valence-corrected chi connectivity index (χ4v) is 4.99. The van der Waals surface area contributed by atoms with Gasteiger partial charge < -0.3 is 0 Å². The van der Waals surface area contributed by atoms with Crippen LogP contribution in [0.25, 0.3) is 10.6 Å². The van der Waals surface area contributed by atoms with Crippen molar-refractivity contribution < 1.29 is 4.79 Å². The second-order valence-corrected chi connectivity index (χ2v) is 9.23. The van der Waals surface area contributed by atoms with E-state index in [-0.39, 0.29) is 12.2 Å². The van der Waals surface area contributed by atoms with Gasteiger partial charge in [0, 0.05) is 40.7 Å². The second kappa shape index (κ2) is 8.53. The minimum absolute atomic E-state index is 0.00438. The zero-order valence-corrected chi connectivity index (χ0v) is 18.4. The highest BCUT2D eigenvalue weighted by Gasteiger charge is 2.13. The lowest BCUT2D eigenvalue weighted by Gasteiger charge is -2.04. The average molecular weight is 440 g/mol. The zero-order valence-electron chi connectivity index (χ0n) is 16.0. The Labute approximate surface area is 182 Å². The van der Waals surface area contributed by atoms with Crippen LogP contribution in [0.4, 0.5) is 0 Å². The molecule has 1 aromatic carbocycles. The van der Waals surface area contributed by atoms with Gasteiger partial charge in [-0.1, -0.05) is 29.8 Å². The fourth-order valence-electron chi connectivity index (χ4n) is 3.03. The number of ketones is 1. The Morgan fingerprint density at radius 1 is 1.10 bits per heavy atom. The lowest BCUT2D eigenvalue weighted by molar-refractivity contribution is 0.0992. The number of hydrogen-bond donors (Lipinski definition) is 0. The molecule has 7 heteroatoms. The van der Waals surface area contributed by atoms with Crippen LogP contribution in [0, 0.1) is 13.8 Å². The van der Waals surface area contributed by atoms with E-state index in [1.165, 1.54) is 0 Å². The molecule has 0 N–H and O–H groups in total. The summed E-state index contributed by atoms with van der Waals surface area (Å²) in [5, 5.41) is 4.71. The first-order chi connectivity index (χ1) is 14.0. The van der Waals surface area contributed by atoms with Crippen molar-refractivity contribution in [3.63, 3.8) is 0 Å². The summed E-state index contributed by atoms with van der Waals surface area (Å²) in [5.41, 5.74) is 4.29. The van der Waals surface area contributed by atoms with Crippen molar-refractivity contribution in [2.45, 2.75) is 26.7 Å². The summed E-state index contributed by atoms with van der Waals surface area (Å²) < 4.78 is 0. The topological polar surface area (TPSA) is 55.7 Å². The number of rotatable bonds is 6. The van der Waals surface area contributed by atoms with E-state index in [1.807, 2.05) is 44.2 Å². The molecule has 4 nitrogen and oxygen atoms in total. The molecule has 0 radical (unpaired) electrons. The van der Waals surface area contributed by atoms with Gasteiger partial charge in [-0.25, -0.2) is 9.97 Å². The van der Waals surface area contributed by atoms with E-state index in [2.05, 4.69) is 15.3 Å². The number of aryl methyl sites for hydroxylation is 2. The molecule has 29 heavy (non-hydrogen) atoms. The smallest absolute Gasteiger partial charge is 0.168 e. The normalized spacial score (nSPS) is 11.0. The molecule has 0 bridgehead atoms. The average Bonchev–Trinajstić information content (AvgIpc) is 3.29. The van der Waals surface area contributed by atoms with Gasteiger partial charge in [0.1, 0.15) is 0 Å². The third-order valence-electron chi connectivity index (χ3n) is 4.48. The number of benzene rings is 1. The third-order valence-corrected chi connectivity index (χ3v) is 6.79. The highest BCUT2D eigenvalue weighted by Crippen LogP contribution is 2.31. The maximum Gasteiger partial charge on any atom is 0.168 e. The van der Waals surface area contributed by atoms with Gasteiger partial charge in [0.25, 0.3) is 0 Å². The van der Waals surface area contributed by atoms with E-state index < -0.39 is 0 Å². The van der Waals surface area contributed by atoms with Gasteiger partial charge >= 0.3 is 0 Å². The Hall–Kier alpha value is -2.41. The molecule has 3 heterocycles. The zero-order chi connectivity index (χ0) is 20.4. The molecule has 0 fully saturated rings. The van der Waals surface area contributed by atoms with E-state index in [4.69, 9.17) is 16.6 Å². The monoisotopic (exact) mass is 439 g/mol. The number of carbonyl (C=O) groups excluding carboxylic acids is 1. The summed E-state index contributed by atoms with van der Waals surface area (Å²) in [6.45, 7) is 4.02. The summed E-state index contributed by atoms with van der Waals surface area (Å²) in [6, 6.07) is 11.1. The van der Waals surface area contributed by atoms with E-state index in [0.717, 1.165) is 37.5 Å². The van der Waals surface area contributed by atoms with Gasteiger partial charge in [-0.3, -0.25) is 9.78 Å². The van der Waals surface area contributed by atoms with Crippen LogP contribution in [0.2, 0.25) is 5.02 Å². The summed E-state index contributed by atoms with van der Waals surface area (Å²) in [5.74, 6) is 0.00438. The largest absolute Gasteiger partial charge is 0.294 e. The van der Waals surface area contributed by atoms with E-state index >= 15 is 0 Å². The maximum atomic E-state index is 12.5. The fraction of sp³-hybridized carbons (Fsp3) is 0.182. The van der Waals surface area contributed by atoms with Crippen molar-refractivity contribution in [3.8, 4) is 10.6 Å². The lowest BCUT2D eigenvalue weighted by atomic mass is 10.0. The van der Waals surface area contributed by atoms with Crippen LogP contribution in [0.15, 0.2) is 48.0 Å². The molecule has 0 unspecified atom stereocenters. The first-order valence-corrected chi connectivity index (χ1v) is 11.2. The van der Waals surface area contributed by atoms with Crippen LogP contribution in [0.5, 0.6) is 0 Å². The van der Waals surface area contributed by atoms with Gasteiger partial charge in [0.2, 0.25) is 0 Å². The van der Waals surface area contributed by atoms with Crippen molar-refractivity contribution >= 4 is 40.1 Å². The summed E-state index contributed by atoms with van der Waals surface area (Å²) in [7, 11) is 0. The molecule has 0 atom stereocenters. The number of pyridine rings is 1. The van der Waals surface area contributed by atoms with Crippen molar-refractivity contribution in [2.24, 2.45) is 0 Å². The molecule has 0 spiro atoms. The highest BCUT2D eigenvalue weighted by atomic mass is 35.5. The minimum Gasteiger partial charge on any atom is -0.294 e. The molecule has 0 saturated carbocycles. The first kappa shape index (κ1) is 19.9. The highest BCUT2D eigenvalue weighted by molar-refractivity contribution is 7.16. The van der Waals surface area contributed by atoms with Gasteiger partial charge in [-0.2, -0.15) is 0 Å². The molecule has 0 aliphatic carbocycles. The number of halogens is 1. The number of Topliss-reactive ketones (excluding diaryl/α,β-unsaturated/α-hetero) is 1. The van der Waals surface area contributed by atoms with Crippen LogP contribution < -0.4 is 0 Å². The molecular weight excluding hydrogens is 422 g/mol. The molecular formula is C22H18ClN3OS2. The van der Waals surface area contributed by atoms with Gasteiger partial charge in [0.15, 0.2) is 5.78 Å². The van der Waals surface area contributed by atoms with Crippen molar-refractivity contribution in [2.75, 3.05) is 0 Å². The van der Waals surface area contributed by atoms with E-state index in [0.29, 0.717) is 17.0 Å². The molecule has 0 amide bonds. The molecule has 146 valence electrons. The number of thiazole rings is 2. The maximum absolute atomic E-state index is 12.5. The molecule has 3 aromatic heterocycles. The molecule has 0 aliphatic heterocycles. The van der Waals surface area contributed by atoms with Crippen LogP contribution in [-0.4, -0.2) is 20.7 Å². The lowest BCUT2D eigenvalue weighted by Crippen LogP contribution is -2.05. The van der Waals surface area contributed by atoms with Crippen molar-refractivity contribution in [3.05, 3.63) is 85.5 Å². The predicted octanol–water partition coefficient (Wildman–Crippen LogP) is 5.95. The van der Waals surface area contributed by atoms with Crippen LogP contribution >= 0.6 is 34.3 Å². The van der Waals surface area contributed by atoms with Gasteiger partial charge in [-0.15, -0.1) is 22.7 Å². The SMILES string of the molecule is Cc1nc(C)c(-c2csc(Cc3ccc(C(=O)Cc4ccccc4Cl)cn3)n2)s1. The molecule has 0 saturated heterocycles. The second-order valence-electron chi connectivity index (χ2n) is 6.68. The Morgan fingerprint density at radius 3 is 2.62 bits per heavy atom. The Morgan fingerprint density at radius 2 is 1.93 bits per heavy atom. The minimum atomic E-state index is 0.00438. The Bertz CT molecular complexity index is 1170. The van der Waals surface area contributed by atoms with Crippen molar-refractivity contribution in [1.29, 1.82) is 0 Å². The number of carbonyl (C=O) groups is 1. The van der Waals surface area contributed by atoms with Gasteiger partial charge in [-0.05, 0) is 37.6 Å². The van der Waals surface area contributed by atoms with Crippen LogP contribution in [0.3, 0.4) is 0 Å². The number of aromatic nitrogens is 3. The standard InChI is InChI=1S/C22H18ClN3OS2/c1-13-22(29-14(2)25-13)19-12-28-21(26-19)10-17-8-7-16(11-24-17)20(27)9-15-5-3-4-6-18(15)23/h3-8,11-12H,9-10H2,1-2H3. The Balaban J connectivity index is 1.44. The molecule has 4 aromatic rings. The van der Waals surface area contributed by atoms with Crippen molar-refractivity contribution in [1.82, 2.24) is 15.0 Å². The van der Waals surface area contributed by atoms with Gasteiger partial charge in [0.05, 0.1) is 26.3 Å². The van der Waals surface area contributed by atoms with E-state index in [1.54, 1.807) is 34.9 Å². The third kappa shape index (κ3) is 4.61. The van der Waals surface area contributed by atoms with E-state index in [9.17, 15) is 4.79 Å². The number of hydrogen-bond acceptors (Lipinski definition) is 6. The predicted molar refractivity (Wildman–Crippen MR) is 119 cm³/mol.